The standard InChI is InChI=1S/C18H37NO/c1-15(2)14-19-9-7-6-8-10-20-17-11-16(3)12-18(4,5)13-17/h15-17,19H,6-14H2,1-5H3. The van der Waals surface area contributed by atoms with Crippen LogP contribution in [-0.4, -0.2) is 25.8 Å². The quantitative estimate of drug-likeness (QED) is 0.623. The van der Waals surface area contributed by atoms with E-state index in [2.05, 4.69) is 39.9 Å². The van der Waals surface area contributed by atoms with Gasteiger partial charge in [-0.25, -0.2) is 0 Å². The predicted molar refractivity (Wildman–Crippen MR) is 88.1 cm³/mol. The van der Waals surface area contributed by atoms with Gasteiger partial charge in [-0.2, -0.15) is 0 Å². The molecule has 1 N–H and O–H groups in total. The summed E-state index contributed by atoms with van der Waals surface area (Å²) in [6.07, 6.45) is 8.16. The molecule has 2 unspecified atom stereocenters. The van der Waals surface area contributed by atoms with E-state index < -0.39 is 0 Å². The van der Waals surface area contributed by atoms with E-state index in [0.29, 0.717) is 11.5 Å². The Bertz CT molecular complexity index is 250. The van der Waals surface area contributed by atoms with Crippen LogP contribution in [0.25, 0.3) is 0 Å². The van der Waals surface area contributed by atoms with Crippen LogP contribution in [0.2, 0.25) is 0 Å². The van der Waals surface area contributed by atoms with Gasteiger partial charge in [0.15, 0.2) is 0 Å². The molecule has 0 amide bonds. The summed E-state index contributed by atoms with van der Waals surface area (Å²) in [5.74, 6) is 1.58. The van der Waals surface area contributed by atoms with Crippen LogP contribution in [0.3, 0.4) is 0 Å². The molecule has 0 bridgehead atoms. The van der Waals surface area contributed by atoms with Gasteiger partial charge in [-0.1, -0.05) is 34.6 Å². The minimum absolute atomic E-state index is 0.475. The molecule has 0 saturated heterocycles. The van der Waals surface area contributed by atoms with Gasteiger partial charge in [0.2, 0.25) is 0 Å². The van der Waals surface area contributed by atoms with E-state index in [1.807, 2.05) is 0 Å². The molecule has 0 heterocycles. The SMILES string of the molecule is CC(C)CNCCCCCOC1CC(C)CC(C)(C)C1. The molecule has 1 aliphatic rings. The molecule has 1 aliphatic carbocycles. The van der Waals surface area contributed by atoms with Crippen molar-refractivity contribution in [1.82, 2.24) is 5.32 Å². The first-order chi connectivity index (χ1) is 9.39. The predicted octanol–water partition coefficient (Wildman–Crippen LogP) is 4.63. The fourth-order valence-corrected chi connectivity index (χ4v) is 3.55. The molecular formula is C18H37NO. The first-order valence-electron chi connectivity index (χ1n) is 8.71. The second-order valence-electron chi connectivity index (χ2n) is 8.06. The third-order valence-electron chi connectivity index (χ3n) is 4.25. The highest BCUT2D eigenvalue weighted by atomic mass is 16.5. The number of rotatable bonds is 9. The normalized spacial score (nSPS) is 26.1. The molecule has 1 fully saturated rings. The van der Waals surface area contributed by atoms with Gasteiger partial charge in [-0.3, -0.25) is 0 Å². The summed E-state index contributed by atoms with van der Waals surface area (Å²) in [4.78, 5) is 0. The van der Waals surface area contributed by atoms with Gasteiger partial charge in [0.1, 0.15) is 0 Å². The number of nitrogens with one attached hydrogen (secondary N) is 1. The van der Waals surface area contributed by atoms with Crippen molar-refractivity contribution in [3.8, 4) is 0 Å². The van der Waals surface area contributed by atoms with Crippen LogP contribution < -0.4 is 5.32 Å². The average molecular weight is 284 g/mol. The third-order valence-corrected chi connectivity index (χ3v) is 4.25. The first-order valence-corrected chi connectivity index (χ1v) is 8.71. The molecule has 2 heteroatoms. The van der Waals surface area contributed by atoms with E-state index >= 15 is 0 Å². The Kier molecular flexibility index (Phi) is 8.13. The second kappa shape index (κ2) is 9.04. The van der Waals surface area contributed by atoms with Crippen LogP contribution >= 0.6 is 0 Å². The largest absolute Gasteiger partial charge is 0.378 e. The summed E-state index contributed by atoms with van der Waals surface area (Å²) in [5.41, 5.74) is 0.475. The Labute approximate surface area is 127 Å². The smallest absolute Gasteiger partial charge is 0.0582 e. The molecule has 0 spiro atoms. The molecular weight excluding hydrogens is 246 g/mol. The summed E-state index contributed by atoms with van der Waals surface area (Å²) in [6.45, 7) is 14.9. The van der Waals surface area contributed by atoms with Crippen LogP contribution in [0.1, 0.15) is 73.1 Å². The summed E-state index contributed by atoms with van der Waals surface area (Å²) >= 11 is 0. The van der Waals surface area contributed by atoms with Crippen LogP contribution in [0.5, 0.6) is 0 Å². The number of ether oxygens (including phenoxy) is 1. The monoisotopic (exact) mass is 283 g/mol. The van der Waals surface area contributed by atoms with E-state index in [1.165, 1.54) is 38.5 Å². The van der Waals surface area contributed by atoms with Crippen molar-refractivity contribution in [3.05, 3.63) is 0 Å². The maximum absolute atomic E-state index is 6.11. The van der Waals surface area contributed by atoms with Gasteiger partial charge in [0, 0.05) is 6.61 Å². The second-order valence-corrected chi connectivity index (χ2v) is 8.06. The van der Waals surface area contributed by atoms with Gasteiger partial charge in [0.05, 0.1) is 6.10 Å². The summed E-state index contributed by atoms with van der Waals surface area (Å²) < 4.78 is 6.11. The highest BCUT2D eigenvalue weighted by molar-refractivity contribution is 4.83. The maximum atomic E-state index is 6.11. The molecule has 120 valence electrons. The van der Waals surface area contributed by atoms with Gasteiger partial charge in [0.25, 0.3) is 0 Å². The molecule has 1 rings (SSSR count). The minimum atomic E-state index is 0.475. The van der Waals surface area contributed by atoms with E-state index in [4.69, 9.17) is 4.74 Å². The Morgan fingerprint density at radius 2 is 1.90 bits per heavy atom. The van der Waals surface area contributed by atoms with Crippen molar-refractivity contribution in [2.75, 3.05) is 19.7 Å². The zero-order chi connectivity index (χ0) is 15.0. The fraction of sp³-hybridized carbons (Fsp3) is 1.00. The van der Waals surface area contributed by atoms with E-state index in [-0.39, 0.29) is 0 Å². The van der Waals surface area contributed by atoms with Gasteiger partial charge < -0.3 is 10.1 Å². The van der Waals surface area contributed by atoms with Crippen molar-refractivity contribution in [2.24, 2.45) is 17.3 Å². The topological polar surface area (TPSA) is 21.3 Å². The van der Waals surface area contributed by atoms with Gasteiger partial charge >= 0.3 is 0 Å². The molecule has 0 aromatic rings. The van der Waals surface area contributed by atoms with E-state index in [9.17, 15) is 0 Å². The minimum Gasteiger partial charge on any atom is -0.378 e. The summed E-state index contributed by atoms with van der Waals surface area (Å²) in [7, 11) is 0. The first kappa shape index (κ1) is 18.0. The zero-order valence-corrected chi connectivity index (χ0v) is 14.5. The Morgan fingerprint density at radius 3 is 2.55 bits per heavy atom. The fourth-order valence-electron chi connectivity index (χ4n) is 3.55. The Morgan fingerprint density at radius 1 is 1.15 bits per heavy atom. The molecule has 0 aliphatic heterocycles. The van der Waals surface area contributed by atoms with Gasteiger partial charge in [-0.05, 0) is 68.9 Å². The average Bonchev–Trinajstić information content (AvgIpc) is 2.29. The van der Waals surface area contributed by atoms with Gasteiger partial charge in [-0.15, -0.1) is 0 Å². The highest BCUT2D eigenvalue weighted by Crippen LogP contribution is 2.39. The number of hydrogen-bond donors (Lipinski definition) is 1. The Hall–Kier alpha value is -0.0800. The molecule has 0 aromatic carbocycles. The lowest BCUT2D eigenvalue weighted by molar-refractivity contribution is -0.0240. The third kappa shape index (κ3) is 8.26. The highest BCUT2D eigenvalue weighted by Gasteiger charge is 2.32. The molecule has 2 nitrogen and oxygen atoms in total. The van der Waals surface area contributed by atoms with Crippen LogP contribution in [0, 0.1) is 17.3 Å². The maximum Gasteiger partial charge on any atom is 0.0582 e. The number of hydrogen-bond acceptors (Lipinski definition) is 2. The van der Waals surface area contributed by atoms with Crippen molar-refractivity contribution in [2.45, 2.75) is 79.2 Å². The zero-order valence-electron chi connectivity index (χ0n) is 14.5. The molecule has 0 radical (unpaired) electrons. The molecule has 20 heavy (non-hydrogen) atoms. The summed E-state index contributed by atoms with van der Waals surface area (Å²) in [6, 6.07) is 0. The van der Waals surface area contributed by atoms with Crippen molar-refractivity contribution >= 4 is 0 Å². The van der Waals surface area contributed by atoms with E-state index in [1.54, 1.807) is 0 Å². The van der Waals surface area contributed by atoms with E-state index in [0.717, 1.165) is 31.5 Å². The van der Waals surface area contributed by atoms with Crippen molar-refractivity contribution in [1.29, 1.82) is 0 Å². The Balaban J connectivity index is 1.98. The van der Waals surface area contributed by atoms with Crippen LogP contribution in [0.4, 0.5) is 0 Å². The lowest BCUT2D eigenvalue weighted by atomic mass is 9.71. The molecule has 0 aromatic heterocycles. The van der Waals surface area contributed by atoms with Crippen LogP contribution in [0.15, 0.2) is 0 Å². The van der Waals surface area contributed by atoms with Crippen molar-refractivity contribution < 1.29 is 4.74 Å². The lowest BCUT2D eigenvalue weighted by Crippen LogP contribution is -2.32. The molecule has 2 atom stereocenters. The lowest BCUT2D eigenvalue weighted by Gasteiger charge is -2.38. The van der Waals surface area contributed by atoms with Crippen LogP contribution in [-0.2, 0) is 4.74 Å². The molecule has 1 saturated carbocycles. The summed E-state index contributed by atoms with van der Waals surface area (Å²) in [5, 5.41) is 3.50. The van der Waals surface area contributed by atoms with Crippen molar-refractivity contribution in [3.63, 3.8) is 0 Å². The number of unbranched alkanes of at least 4 members (excludes halogenated alkanes) is 2.